The second-order valence-electron chi connectivity index (χ2n) is 5.21. The van der Waals surface area contributed by atoms with Gasteiger partial charge in [0.05, 0.1) is 12.6 Å². The maximum absolute atomic E-state index is 14.1. The lowest BCUT2D eigenvalue weighted by Crippen LogP contribution is -2.24. The Kier molecular flexibility index (Phi) is 6.17. The van der Waals surface area contributed by atoms with E-state index in [-0.39, 0.29) is 17.9 Å². The number of halogens is 3. The first-order chi connectivity index (χ1) is 11.5. The van der Waals surface area contributed by atoms with Gasteiger partial charge < -0.3 is 10.5 Å². The molecule has 2 aromatic rings. The highest BCUT2D eigenvalue weighted by atomic mass is 19.3. The number of benzene rings is 1. The molecular formula is C17H18F3N3O. The summed E-state index contributed by atoms with van der Waals surface area (Å²) in [5.74, 6) is -0.275. The van der Waals surface area contributed by atoms with Gasteiger partial charge in [0.1, 0.15) is 5.82 Å². The van der Waals surface area contributed by atoms with Crippen LogP contribution in [-0.4, -0.2) is 24.5 Å². The van der Waals surface area contributed by atoms with E-state index in [0.29, 0.717) is 18.6 Å². The molecule has 0 amide bonds. The van der Waals surface area contributed by atoms with Gasteiger partial charge >= 0.3 is 0 Å². The summed E-state index contributed by atoms with van der Waals surface area (Å²) in [4.78, 5) is 8.36. The second kappa shape index (κ2) is 8.33. The predicted octanol–water partition coefficient (Wildman–Crippen LogP) is 3.86. The van der Waals surface area contributed by atoms with Crippen molar-refractivity contribution in [3.8, 4) is 11.1 Å². The minimum absolute atomic E-state index is 0.119. The molecule has 1 unspecified atom stereocenters. The first kappa shape index (κ1) is 17.8. The Labute approximate surface area is 138 Å². The van der Waals surface area contributed by atoms with Crippen molar-refractivity contribution in [2.24, 2.45) is 10.7 Å². The van der Waals surface area contributed by atoms with Crippen molar-refractivity contribution >= 4 is 6.02 Å². The molecule has 128 valence electrons. The SMILES string of the molecule is Cc1cncc(-c2ccc(F)c(C3CCOC(N)=N3)c2)c1.FCF. The van der Waals surface area contributed by atoms with Crippen LogP contribution in [0, 0.1) is 12.7 Å². The first-order valence-corrected chi connectivity index (χ1v) is 7.34. The number of ether oxygens (including phenoxy) is 1. The lowest BCUT2D eigenvalue weighted by Gasteiger charge is -2.20. The molecule has 7 heteroatoms. The summed E-state index contributed by atoms with van der Waals surface area (Å²) in [5.41, 5.74) is 9.06. The van der Waals surface area contributed by atoms with E-state index in [1.807, 2.05) is 19.1 Å². The van der Waals surface area contributed by atoms with Crippen LogP contribution < -0.4 is 5.73 Å². The number of hydrogen-bond acceptors (Lipinski definition) is 4. The Morgan fingerprint density at radius 1 is 1.21 bits per heavy atom. The number of amidine groups is 1. The van der Waals surface area contributed by atoms with Crippen LogP contribution in [-0.2, 0) is 4.74 Å². The molecule has 1 aliphatic rings. The normalized spacial score (nSPS) is 16.5. The third-order valence-corrected chi connectivity index (χ3v) is 3.49. The minimum Gasteiger partial charge on any atom is -0.465 e. The van der Waals surface area contributed by atoms with Crippen LogP contribution in [0.1, 0.15) is 23.6 Å². The minimum atomic E-state index is -1.75. The Balaban J connectivity index is 0.000000647. The molecule has 0 bridgehead atoms. The van der Waals surface area contributed by atoms with Crippen molar-refractivity contribution in [2.45, 2.75) is 19.4 Å². The molecule has 0 saturated heterocycles. The van der Waals surface area contributed by atoms with Gasteiger partial charge in [0.15, 0.2) is 0 Å². The molecular weight excluding hydrogens is 319 g/mol. The summed E-state index contributed by atoms with van der Waals surface area (Å²) in [5, 5.41) is 0. The highest BCUT2D eigenvalue weighted by molar-refractivity contribution is 5.72. The van der Waals surface area contributed by atoms with Crippen LogP contribution >= 0.6 is 0 Å². The average Bonchev–Trinajstić information content (AvgIpc) is 2.56. The summed E-state index contributed by atoms with van der Waals surface area (Å²) >= 11 is 0. The average molecular weight is 337 g/mol. The monoisotopic (exact) mass is 337 g/mol. The fraction of sp³-hybridized carbons (Fsp3) is 0.294. The molecule has 24 heavy (non-hydrogen) atoms. The number of alkyl halides is 2. The summed E-state index contributed by atoms with van der Waals surface area (Å²) < 4.78 is 38.5. The number of nitrogens with two attached hydrogens (primary N) is 1. The van der Waals surface area contributed by atoms with E-state index in [0.717, 1.165) is 16.7 Å². The fourth-order valence-electron chi connectivity index (χ4n) is 2.45. The van der Waals surface area contributed by atoms with Gasteiger partial charge in [-0.1, -0.05) is 6.07 Å². The summed E-state index contributed by atoms with van der Waals surface area (Å²) in [6, 6.07) is 6.88. The standard InChI is InChI=1S/C16H16FN3O.CH2F2/c1-10-6-12(9-19-8-10)11-2-3-14(17)13(7-11)15-4-5-21-16(18)20-15;2-1-3/h2-3,6-9,15H,4-5H2,1H3,(H2,18,20);1H2. The largest absolute Gasteiger partial charge is 0.465 e. The smallest absolute Gasteiger partial charge is 0.282 e. The molecule has 1 aliphatic heterocycles. The molecule has 1 atom stereocenters. The molecule has 1 aromatic carbocycles. The Hall–Kier alpha value is -2.57. The van der Waals surface area contributed by atoms with Gasteiger partial charge in [-0.3, -0.25) is 4.98 Å². The van der Waals surface area contributed by atoms with Gasteiger partial charge in [-0.05, 0) is 36.2 Å². The van der Waals surface area contributed by atoms with Crippen molar-refractivity contribution in [1.82, 2.24) is 4.98 Å². The van der Waals surface area contributed by atoms with Crippen LogP contribution in [0.3, 0.4) is 0 Å². The molecule has 2 N–H and O–H groups in total. The van der Waals surface area contributed by atoms with E-state index in [9.17, 15) is 13.2 Å². The zero-order valence-corrected chi connectivity index (χ0v) is 13.2. The first-order valence-electron chi connectivity index (χ1n) is 7.34. The topological polar surface area (TPSA) is 60.5 Å². The van der Waals surface area contributed by atoms with Gasteiger partial charge in [0.2, 0.25) is 6.93 Å². The van der Waals surface area contributed by atoms with E-state index in [2.05, 4.69) is 9.98 Å². The number of aryl methyl sites for hydroxylation is 1. The maximum atomic E-state index is 14.1. The van der Waals surface area contributed by atoms with Crippen LogP contribution in [0.2, 0.25) is 0 Å². The fourth-order valence-corrected chi connectivity index (χ4v) is 2.45. The molecule has 0 aliphatic carbocycles. The van der Waals surface area contributed by atoms with Crippen molar-refractivity contribution in [1.29, 1.82) is 0 Å². The van der Waals surface area contributed by atoms with Crippen molar-refractivity contribution in [3.05, 3.63) is 53.6 Å². The van der Waals surface area contributed by atoms with E-state index < -0.39 is 6.93 Å². The molecule has 0 spiro atoms. The molecule has 0 saturated carbocycles. The lowest BCUT2D eigenvalue weighted by molar-refractivity contribution is 0.255. The van der Waals surface area contributed by atoms with Gasteiger partial charge in [0, 0.05) is 29.9 Å². The number of hydrogen-bond donors (Lipinski definition) is 1. The highest BCUT2D eigenvalue weighted by Crippen LogP contribution is 2.30. The summed E-state index contributed by atoms with van der Waals surface area (Å²) in [6.07, 6.45) is 4.18. The number of rotatable bonds is 2. The number of aromatic nitrogens is 1. The van der Waals surface area contributed by atoms with E-state index in [1.165, 1.54) is 6.07 Å². The van der Waals surface area contributed by atoms with E-state index >= 15 is 0 Å². The van der Waals surface area contributed by atoms with Crippen LogP contribution in [0.4, 0.5) is 13.2 Å². The Bertz CT molecular complexity index is 722. The van der Waals surface area contributed by atoms with Gasteiger partial charge in [-0.2, -0.15) is 0 Å². The van der Waals surface area contributed by atoms with E-state index in [4.69, 9.17) is 10.5 Å². The number of aliphatic imine (C=N–C) groups is 1. The Morgan fingerprint density at radius 2 is 1.96 bits per heavy atom. The van der Waals surface area contributed by atoms with Gasteiger partial charge in [-0.15, -0.1) is 0 Å². The van der Waals surface area contributed by atoms with Crippen LogP contribution in [0.15, 0.2) is 41.7 Å². The molecule has 1 aromatic heterocycles. The second-order valence-corrected chi connectivity index (χ2v) is 5.21. The third kappa shape index (κ3) is 4.47. The third-order valence-electron chi connectivity index (χ3n) is 3.49. The molecule has 0 radical (unpaired) electrons. The summed E-state index contributed by atoms with van der Waals surface area (Å²) in [6.45, 7) is 0.681. The molecule has 0 fully saturated rings. The quantitative estimate of drug-likeness (QED) is 0.905. The zero-order chi connectivity index (χ0) is 17.5. The molecule has 3 rings (SSSR count). The van der Waals surface area contributed by atoms with Gasteiger partial charge in [-0.25, -0.2) is 18.2 Å². The van der Waals surface area contributed by atoms with Crippen molar-refractivity contribution in [3.63, 3.8) is 0 Å². The maximum Gasteiger partial charge on any atom is 0.282 e. The summed E-state index contributed by atoms with van der Waals surface area (Å²) in [7, 11) is 0. The molecule has 2 heterocycles. The van der Waals surface area contributed by atoms with Crippen molar-refractivity contribution < 1.29 is 17.9 Å². The number of nitrogens with zero attached hydrogens (tertiary/aromatic N) is 2. The van der Waals surface area contributed by atoms with Gasteiger partial charge in [0.25, 0.3) is 6.02 Å². The molecule has 4 nitrogen and oxygen atoms in total. The van der Waals surface area contributed by atoms with Crippen LogP contribution in [0.5, 0.6) is 0 Å². The van der Waals surface area contributed by atoms with Crippen LogP contribution in [0.25, 0.3) is 11.1 Å². The predicted molar refractivity (Wildman–Crippen MR) is 86.4 cm³/mol. The number of pyridine rings is 1. The van der Waals surface area contributed by atoms with E-state index in [1.54, 1.807) is 18.5 Å². The lowest BCUT2D eigenvalue weighted by atomic mass is 9.97. The highest BCUT2D eigenvalue weighted by Gasteiger charge is 2.20. The zero-order valence-electron chi connectivity index (χ0n) is 13.2. The van der Waals surface area contributed by atoms with Crippen molar-refractivity contribution in [2.75, 3.05) is 13.5 Å². The Morgan fingerprint density at radius 3 is 2.62 bits per heavy atom.